The Labute approximate surface area is 95.3 Å². The van der Waals surface area contributed by atoms with Gasteiger partial charge in [0.05, 0.1) is 6.20 Å². The van der Waals surface area contributed by atoms with Gasteiger partial charge in [-0.2, -0.15) is 0 Å². The molecule has 0 aromatic carbocycles. The Bertz CT molecular complexity index is 414. The van der Waals surface area contributed by atoms with Gasteiger partial charge in [0, 0.05) is 20.1 Å². The topological polar surface area (TPSA) is 88.9 Å². The second-order valence-corrected chi connectivity index (χ2v) is 5.06. The van der Waals surface area contributed by atoms with E-state index in [9.17, 15) is 8.42 Å². The third kappa shape index (κ3) is 3.54. The van der Waals surface area contributed by atoms with Crippen molar-refractivity contribution in [1.82, 2.24) is 25.0 Å². The standard InChI is InChI=1S/C8H17N5O2S/c1-3-4-9-5-6-11-16(14,15)8-7-10-12-13(8)2/h7,9,11H,3-6H2,1-2H3. The first-order valence-corrected chi connectivity index (χ1v) is 6.61. The molecule has 0 atom stereocenters. The van der Waals surface area contributed by atoms with E-state index in [1.165, 1.54) is 17.9 Å². The van der Waals surface area contributed by atoms with Crippen LogP contribution in [0.25, 0.3) is 0 Å². The molecular formula is C8H17N5O2S. The van der Waals surface area contributed by atoms with Gasteiger partial charge in [0.2, 0.25) is 0 Å². The van der Waals surface area contributed by atoms with Gasteiger partial charge in [-0.15, -0.1) is 5.10 Å². The molecule has 0 bridgehead atoms. The van der Waals surface area contributed by atoms with Gasteiger partial charge in [-0.1, -0.05) is 12.1 Å². The molecule has 0 aliphatic carbocycles. The van der Waals surface area contributed by atoms with E-state index in [0.29, 0.717) is 13.1 Å². The van der Waals surface area contributed by atoms with Crippen LogP contribution in [0, 0.1) is 0 Å². The van der Waals surface area contributed by atoms with Crippen LogP contribution >= 0.6 is 0 Å². The van der Waals surface area contributed by atoms with Crippen LogP contribution in [0.1, 0.15) is 13.3 Å². The van der Waals surface area contributed by atoms with Crippen molar-refractivity contribution in [2.24, 2.45) is 7.05 Å². The molecule has 16 heavy (non-hydrogen) atoms. The van der Waals surface area contributed by atoms with Crippen LogP contribution in [0.15, 0.2) is 11.2 Å². The average Bonchev–Trinajstić information content (AvgIpc) is 2.65. The molecule has 0 spiro atoms. The SMILES string of the molecule is CCCNCCNS(=O)(=O)c1cnnn1C. The fourth-order valence-electron chi connectivity index (χ4n) is 1.17. The number of hydrogen-bond acceptors (Lipinski definition) is 5. The second kappa shape index (κ2) is 5.92. The Kier molecular flexibility index (Phi) is 4.84. The summed E-state index contributed by atoms with van der Waals surface area (Å²) in [6, 6.07) is 0. The predicted molar refractivity (Wildman–Crippen MR) is 59.4 cm³/mol. The van der Waals surface area contributed by atoms with Crippen LogP contribution in [0.2, 0.25) is 0 Å². The van der Waals surface area contributed by atoms with Gasteiger partial charge in [0.25, 0.3) is 10.0 Å². The third-order valence-corrected chi connectivity index (χ3v) is 3.47. The highest BCUT2D eigenvalue weighted by molar-refractivity contribution is 7.89. The minimum absolute atomic E-state index is 0.0722. The Balaban J connectivity index is 2.45. The van der Waals surface area contributed by atoms with Crippen molar-refractivity contribution >= 4 is 10.0 Å². The van der Waals surface area contributed by atoms with E-state index in [0.717, 1.165) is 13.0 Å². The lowest BCUT2D eigenvalue weighted by Gasteiger charge is -2.06. The van der Waals surface area contributed by atoms with Crippen LogP contribution in [0.3, 0.4) is 0 Å². The molecule has 0 saturated heterocycles. The van der Waals surface area contributed by atoms with Crippen molar-refractivity contribution in [2.45, 2.75) is 18.4 Å². The molecule has 0 aliphatic rings. The lowest BCUT2D eigenvalue weighted by molar-refractivity contribution is 0.557. The first-order chi connectivity index (χ1) is 7.58. The molecular weight excluding hydrogens is 230 g/mol. The number of nitrogens with one attached hydrogen (secondary N) is 2. The van der Waals surface area contributed by atoms with Crippen molar-refractivity contribution in [1.29, 1.82) is 0 Å². The molecule has 1 heterocycles. The van der Waals surface area contributed by atoms with E-state index in [2.05, 4.69) is 27.3 Å². The van der Waals surface area contributed by atoms with Gasteiger partial charge in [-0.25, -0.2) is 17.8 Å². The number of rotatable bonds is 7. The van der Waals surface area contributed by atoms with Crippen LogP contribution in [0.5, 0.6) is 0 Å². The first-order valence-electron chi connectivity index (χ1n) is 5.13. The van der Waals surface area contributed by atoms with Gasteiger partial charge < -0.3 is 5.32 Å². The summed E-state index contributed by atoms with van der Waals surface area (Å²) >= 11 is 0. The predicted octanol–water partition coefficient (Wildman–Crippen LogP) is -0.907. The van der Waals surface area contributed by atoms with Gasteiger partial charge in [-0.05, 0) is 13.0 Å². The molecule has 2 N–H and O–H groups in total. The molecule has 7 nitrogen and oxygen atoms in total. The van der Waals surface area contributed by atoms with Crippen molar-refractivity contribution < 1.29 is 8.42 Å². The molecule has 1 rings (SSSR count). The van der Waals surface area contributed by atoms with Crippen molar-refractivity contribution in [3.05, 3.63) is 6.20 Å². The summed E-state index contributed by atoms with van der Waals surface area (Å²) in [6.45, 7) is 3.90. The molecule has 1 aromatic rings. The van der Waals surface area contributed by atoms with E-state index >= 15 is 0 Å². The maximum atomic E-state index is 11.7. The molecule has 0 amide bonds. The zero-order chi connectivity index (χ0) is 12.0. The molecule has 0 aliphatic heterocycles. The Morgan fingerprint density at radius 1 is 1.38 bits per heavy atom. The summed E-state index contributed by atoms with van der Waals surface area (Å²) in [5.41, 5.74) is 0. The molecule has 92 valence electrons. The summed E-state index contributed by atoms with van der Waals surface area (Å²) in [7, 11) is -1.95. The summed E-state index contributed by atoms with van der Waals surface area (Å²) in [5, 5.41) is 10.3. The monoisotopic (exact) mass is 247 g/mol. The second-order valence-electron chi connectivity index (χ2n) is 3.34. The smallest absolute Gasteiger partial charge is 0.259 e. The van der Waals surface area contributed by atoms with E-state index < -0.39 is 10.0 Å². The van der Waals surface area contributed by atoms with Crippen LogP contribution in [-0.2, 0) is 17.1 Å². The fourth-order valence-corrected chi connectivity index (χ4v) is 2.26. The highest BCUT2D eigenvalue weighted by atomic mass is 32.2. The minimum atomic E-state index is -3.49. The van der Waals surface area contributed by atoms with Gasteiger partial charge in [-0.3, -0.25) is 0 Å². The Morgan fingerprint density at radius 3 is 2.69 bits per heavy atom. The summed E-state index contributed by atoms with van der Waals surface area (Å²) in [6.07, 6.45) is 2.25. The number of nitrogens with zero attached hydrogens (tertiary/aromatic N) is 3. The number of sulfonamides is 1. The molecule has 0 fully saturated rings. The van der Waals surface area contributed by atoms with Gasteiger partial charge >= 0.3 is 0 Å². The summed E-state index contributed by atoms with van der Waals surface area (Å²) in [5.74, 6) is 0. The first kappa shape index (κ1) is 13.1. The number of aromatic nitrogens is 3. The summed E-state index contributed by atoms with van der Waals surface area (Å²) < 4.78 is 27.1. The zero-order valence-electron chi connectivity index (χ0n) is 9.47. The maximum absolute atomic E-state index is 11.7. The van der Waals surface area contributed by atoms with E-state index in [4.69, 9.17) is 0 Å². The largest absolute Gasteiger partial charge is 0.315 e. The quantitative estimate of drug-likeness (QED) is 0.609. The molecule has 0 unspecified atom stereocenters. The number of hydrogen-bond donors (Lipinski definition) is 2. The normalized spacial score (nSPS) is 11.9. The fraction of sp³-hybridized carbons (Fsp3) is 0.750. The lowest BCUT2D eigenvalue weighted by Crippen LogP contribution is -2.33. The van der Waals surface area contributed by atoms with Crippen LogP contribution < -0.4 is 10.0 Å². The Hall–Kier alpha value is -0.990. The van der Waals surface area contributed by atoms with E-state index in [-0.39, 0.29) is 5.03 Å². The van der Waals surface area contributed by atoms with Gasteiger partial charge in [0.15, 0.2) is 5.03 Å². The molecule has 8 heteroatoms. The third-order valence-electron chi connectivity index (χ3n) is 1.97. The van der Waals surface area contributed by atoms with Crippen molar-refractivity contribution in [3.8, 4) is 0 Å². The zero-order valence-corrected chi connectivity index (χ0v) is 10.3. The number of aryl methyl sites for hydroxylation is 1. The average molecular weight is 247 g/mol. The Morgan fingerprint density at radius 2 is 2.12 bits per heavy atom. The van der Waals surface area contributed by atoms with E-state index in [1.54, 1.807) is 0 Å². The highest BCUT2D eigenvalue weighted by Gasteiger charge is 2.17. The molecule has 1 aromatic heterocycles. The van der Waals surface area contributed by atoms with Crippen molar-refractivity contribution in [3.63, 3.8) is 0 Å². The molecule has 0 saturated carbocycles. The van der Waals surface area contributed by atoms with Gasteiger partial charge in [0.1, 0.15) is 0 Å². The van der Waals surface area contributed by atoms with Crippen LogP contribution in [-0.4, -0.2) is 43.0 Å². The summed E-state index contributed by atoms with van der Waals surface area (Å²) in [4.78, 5) is 0. The highest BCUT2D eigenvalue weighted by Crippen LogP contribution is 2.02. The van der Waals surface area contributed by atoms with Crippen LogP contribution in [0.4, 0.5) is 0 Å². The van der Waals surface area contributed by atoms with Crippen molar-refractivity contribution in [2.75, 3.05) is 19.6 Å². The minimum Gasteiger partial charge on any atom is -0.315 e. The lowest BCUT2D eigenvalue weighted by atomic mass is 10.5. The van der Waals surface area contributed by atoms with E-state index in [1.807, 2.05) is 0 Å². The molecule has 0 radical (unpaired) electrons. The maximum Gasteiger partial charge on any atom is 0.259 e.